The molecule has 0 saturated carbocycles. The lowest BCUT2D eigenvalue weighted by atomic mass is 10.0. The number of hydrogen-bond donors (Lipinski definition) is 0. The molecule has 0 saturated heterocycles. The van der Waals surface area contributed by atoms with Crippen LogP contribution in [0.25, 0.3) is 11.1 Å². The Bertz CT molecular complexity index is 1200. The van der Waals surface area contributed by atoms with E-state index >= 15 is 0 Å². The van der Waals surface area contributed by atoms with Crippen LogP contribution >= 0.6 is 0 Å². The van der Waals surface area contributed by atoms with Crippen LogP contribution in [0.2, 0.25) is 0 Å². The molecule has 0 unspecified atom stereocenters. The molecule has 0 spiro atoms. The molecule has 0 atom stereocenters. The Hall–Kier alpha value is -4.04. The molecule has 5 nitrogen and oxygen atoms in total. The minimum atomic E-state index is -0.349. The summed E-state index contributed by atoms with van der Waals surface area (Å²) in [7, 11) is 0. The number of terminal acetylenes is 1. The molecule has 0 N–H and O–H groups in total. The molecule has 3 rings (SSSR count). The Labute approximate surface area is 238 Å². The fourth-order valence-electron chi connectivity index (χ4n) is 4.19. The maximum atomic E-state index is 12.4. The van der Waals surface area contributed by atoms with Gasteiger partial charge < -0.3 is 14.2 Å². The monoisotopic (exact) mass is 540 g/mol. The van der Waals surface area contributed by atoms with Gasteiger partial charge in [-0.15, -0.1) is 6.42 Å². The van der Waals surface area contributed by atoms with Gasteiger partial charge in [0.05, 0.1) is 30.9 Å². The molecule has 0 bridgehead atoms. The summed E-state index contributed by atoms with van der Waals surface area (Å²) in [6.07, 6.45) is 14.7. The SMILES string of the molecule is C#Cc1ccc(C(=O)OCCCCCCOC(=O)c2ccc(-c3ccc(OCCCCCCC)cc3)cc2)cc1. The number of carbonyl (C=O) groups excluding carboxylic acids is 2. The number of unbranched alkanes of at least 4 members (excludes halogenated alkanes) is 7. The molecule has 3 aromatic rings. The first-order chi connectivity index (χ1) is 19.6. The molecular weight excluding hydrogens is 500 g/mol. The minimum absolute atomic E-state index is 0.320. The van der Waals surface area contributed by atoms with Crippen LogP contribution in [-0.2, 0) is 9.47 Å². The van der Waals surface area contributed by atoms with Gasteiger partial charge in [0.2, 0.25) is 0 Å². The van der Waals surface area contributed by atoms with Crippen molar-refractivity contribution in [3.05, 3.63) is 89.5 Å². The largest absolute Gasteiger partial charge is 0.494 e. The standard InChI is InChI=1S/C35H40O5/c1-3-5-6-7-10-25-38-33-23-21-30(22-24-33)29-17-19-32(20-18-29)35(37)40-27-12-9-8-11-26-39-34(36)31-15-13-28(4-2)14-16-31/h2,13-24H,3,5-12,25-27H2,1H3. The predicted octanol–water partition coefficient (Wildman–Crippen LogP) is 8.26. The van der Waals surface area contributed by atoms with E-state index in [0.29, 0.717) is 24.3 Å². The molecular formula is C35H40O5. The Morgan fingerprint density at radius 1 is 0.600 bits per heavy atom. The highest BCUT2D eigenvalue weighted by Gasteiger charge is 2.09. The van der Waals surface area contributed by atoms with Crippen LogP contribution in [0.4, 0.5) is 0 Å². The Morgan fingerprint density at radius 3 is 1.55 bits per heavy atom. The Balaban J connectivity index is 1.28. The smallest absolute Gasteiger partial charge is 0.338 e. The van der Waals surface area contributed by atoms with Gasteiger partial charge >= 0.3 is 11.9 Å². The van der Waals surface area contributed by atoms with E-state index in [1.165, 1.54) is 25.7 Å². The number of rotatable bonds is 17. The van der Waals surface area contributed by atoms with E-state index in [4.69, 9.17) is 20.6 Å². The minimum Gasteiger partial charge on any atom is -0.494 e. The summed E-state index contributed by atoms with van der Waals surface area (Å²) in [5, 5.41) is 0. The summed E-state index contributed by atoms with van der Waals surface area (Å²) < 4.78 is 16.6. The lowest BCUT2D eigenvalue weighted by molar-refractivity contribution is 0.0473. The van der Waals surface area contributed by atoms with Crippen molar-refractivity contribution < 1.29 is 23.8 Å². The van der Waals surface area contributed by atoms with Crippen LogP contribution < -0.4 is 4.74 Å². The van der Waals surface area contributed by atoms with Crippen LogP contribution in [-0.4, -0.2) is 31.8 Å². The molecule has 0 heterocycles. The molecule has 0 aromatic heterocycles. The van der Waals surface area contributed by atoms with Crippen molar-refractivity contribution in [3.8, 4) is 29.2 Å². The van der Waals surface area contributed by atoms with Crippen molar-refractivity contribution in [2.45, 2.75) is 64.7 Å². The van der Waals surface area contributed by atoms with Gasteiger partial charge in [-0.05, 0) is 91.8 Å². The summed E-state index contributed by atoms with van der Waals surface area (Å²) in [6.45, 7) is 3.69. The third-order valence-corrected chi connectivity index (χ3v) is 6.62. The Morgan fingerprint density at radius 2 is 1.05 bits per heavy atom. The number of carbonyl (C=O) groups is 2. The molecule has 3 aromatic carbocycles. The van der Waals surface area contributed by atoms with Crippen LogP contribution in [0, 0.1) is 12.3 Å². The van der Waals surface area contributed by atoms with Gasteiger partial charge in [0, 0.05) is 5.56 Å². The van der Waals surface area contributed by atoms with E-state index in [-0.39, 0.29) is 11.9 Å². The van der Waals surface area contributed by atoms with Crippen molar-refractivity contribution in [2.75, 3.05) is 19.8 Å². The number of benzene rings is 3. The van der Waals surface area contributed by atoms with Gasteiger partial charge in [-0.25, -0.2) is 9.59 Å². The highest BCUT2D eigenvalue weighted by Crippen LogP contribution is 2.23. The van der Waals surface area contributed by atoms with Gasteiger partial charge in [-0.2, -0.15) is 0 Å². The second-order valence-electron chi connectivity index (χ2n) is 9.77. The topological polar surface area (TPSA) is 61.8 Å². The van der Waals surface area contributed by atoms with E-state index in [0.717, 1.165) is 61.2 Å². The normalized spacial score (nSPS) is 10.5. The zero-order chi connectivity index (χ0) is 28.4. The van der Waals surface area contributed by atoms with Gasteiger partial charge in [0.25, 0.3) is 0 Å². The zero-order valence-corrected chi connectivity index (χ0v) is 23.5. The average molecular weight is 541 g/mol. The zero-order valence-electron chi connectivity index (χ0n) is 23.5. The number of esters is 2. The average Bonchev–Trinajstić information content (AvgIpc) is 3.00. The third kappa shape index (κ3) is 10.6. The molecule has 40 heavy (non-hydrogen) atoms. The van der Waals surface area contributed by atoms with E-state index in [1.807, 2.05) is 36.4 Å². The second-order valence-corrected chi connectivity index (χ2v) is 9.77. The third-order valence-electron chi connectivity index (χ3n) is 6.62. The molecule has 210 valence electrons. The van der Waals surface area contributed by atoms with Gasteiger partial charge in [0.1, 0.15) is 5.75 Å². The fraction of sp³-hybridized carbons (Fsp3) is 0.371. The molecule has 0 aliphatic carbocycles. The number of hydrogen-bond acceptors (Lipinski definition) is 5. The quantitative estimate of drug-likeness (QED) is 0.0980. The summed E-state index contributed by atoms with van der Waals surface area (Å²) in [6, 6.07) is 22.3. The summed E-state index contributed by atoms with van der Waals surface area (Å²) in [5.74, 6) is 2.73. The van der Waals surface area contributed by atoms with Crippen molar-refractivity contribution in [2.24, 2.45) is 0 Å². The van der Waals surface area contributed by atoms with E-state index in [2.05, 4.69) is 12.8 Å². The molecule has 0 aliphatic rings. The van der Waals surface area contributed by atoms with E-state index in [1.54, 1.807) is 36.4 Å². The van der Waals surface area contributed by atoms with E-state index < -0.39 is 0 Å². The first kappa shape index (κ1) is 30.5. The van der Waals surface area contributed by atoms with Crippen LogP contribution in [0.3, 0.4) is 0 Å². The maximum absolute atomic E-state index is 12.4. The van der Waals surface area contributed by atoms with Crippen molar-refractivity contribution in [3.63, 3.8) is 0 Å². The van der Waals surface area contributed by atoms with Crippen molar-refractivity contribution >= 4 is 11.9 Å². The second kappa shape index (κ2) is 17.5. The molecule has 0 fully saturated rings. The van der Waals surface area contributed by atoms with Crippen LogP contribution in [0.1, 0.15) is 91.0 Å². The molecule has 5 heteroatoms. The molecule has 0 amide bonds. The number of ether oxygens (including phenoxy) is 3. The lowest BCUT2D eigenvalue weighted by Gasteiger charge is -2.08. The van der Waals surface area contributed by atoms with Gasteiger partial charge in [-0.3, -0.25) is 0 Å². The van der Waals surface area contributed by atoms with Crippen molar-refractivity contribution in [1.29, 1.82) is 0 Å². The van der Waals surface area contributed by atoms with Crippen LogP contribution in [0.15, 0.2) is 72.8 Å². The lowest BCUT2D eigenvalue weighted by Crippen LogP contribution is -2.07. The highest BCUT2D eigenvalue weighted by molar-refractivity contribution is 5.90. The van der Waals surface area contributed by atoms with Gasteiger partial charge in [0.15, 0.2) is 0 Å². The summed E-state index contributed by atoms with van der Waals surface area (Å²) in [5.41, 5.74) is 3.86. The van der Waals surface area contributed by atoms with E-state index in [9.17, 15) is 9.59 Å². The highest BCUT2D eigenvalue weighted by atomic mass is 16.5. The first-order valence-corrected chi connectivity index (χ1v) is 14.3. The molecule has 0 aliphatic heterocycles. The first-order valence-electron chi connectivity index (χ1n) is 14.3. The molecule has 0 radical (unpaired) electrons. The predicted molar refractivity (Wildman–Crippen MR) is 160 cm³/mol. The maximum Gasteiger partial charge on any atom is 0.338 e. The van der Waals surface area contributed by atoms with Crippen LogP contribution in [0.5, 0.6) is 5.75 Å². The summed E-state index contributed by atoms with van der Waals surface area (Å²) >= 11 is 0. The van der Waals surface area contributed by atoms with Gasteiger partial charge in [-0.1, -0.05) is 62.8 Å². The van der Waals surface area contributed by atoms with Crippen molar-refractivity contribution in [1.82, 2.24) is 0 Å². The summed E-state index contributed by atoms with van der Waals surface area (Å²) in [4.78, 5) is 24.4. The fourth-order valence-corrected chi connectivity index (χ4v) is 4.19. The Kier molecular flexibility index (Phi) is 13.4.